The zero-order valence-corrected chi connectivity index (χ0v) is 12.7. The molecule has 1 aliphatic heterocycles. The molecular weight excluding hydrogens is 288 g/mol. The van der Waals surface area contributed by atoms with Crippen molar-refractivity contribution in [3.63, 3.8) is 0 Å². The van der Waals surface area contributed by atoms with Crippen LogP contribution in [0.25, 0.3) is 0 Å². The number of nitrogens with one attached hydrogen (secondary N) is 1. The molecule has 0 bridgehead atoms. The largest absolute Gasteiger partial charge is 0.391 e. The van der Waals surface area contributed by atoms with E-state index in [1.54, 1.807) is 13.2 Å². The van der Waals surface area contributed by atoms with Crippen molar-refractivity contribution in [2.24, 2.45) is 5.92 Å². The van der Waals surface area contributed by atoms with Crippen LogP contribution in [0.5, 0.6) is 0 Å². The summed E-state index contributed by atoms with van der Waals surface area (Å²) in [5, 5.41) is 24.2. The average Bonchev–Trinajstić information content (AvgIpc) is 2.54. The summed E-state index contributed by atoms with van der Waals surface area (Å²) in [6, 6.07) is 4.60. The minimum atomic E-state index is -0.463. The summed E-state index contributed by atoms with van der Waals surface area (Å²) in [4.78, 5) is 10.4. The standard InChI is InChI=1S/C15H22N2O5/c1-21-10-12-8-13(17(19)20)2-3-14(12)16-9-15(18)11-4-6-22-7-5-11/h2-3,8,11,15-16,18H,4-7,9-10H2,1H3. The van der Waals surface area contributed by atoms with Crippen molar-refractivity contribution in [3.05, 3.63) is 33.9 Å². The number of benzene rings is 1. The maximum atomic E-state index is 10.8. The number of ether oxygens (including phenoxy) is 2. The van der Waals surface area contributed by atoms with Crippen LogP contribution < -0.4 is 5.32 Å². The molecule has 0 amide bonds. The lowest BCUT2D eigenvalue weighted by Gasteiger charge is -2.27. The molecule has 1 atom stereocenters. The van der Waals surface area contributed by atoms with Crippen molar-refractivity contribution >= 4 is 11.4 Å². The van der Waals surface area contributed by atoms with Crippen LogP contribution >= 0.6 is 0 Å². The zero-order chi connectivity index (χ0) is 15.9. The third-order valence-corrected chi connectivity index (χ3v) is 3.91. The number of anilines is 1. The molecule has 1 saturated heterocycles. The first-order valence-corrected chi connectivity index (χ1v) is 7.37. The minimum absolute atomic E-state index is 0.0302. The molecule has 22 heavy (non-hydrogen) atoms. The molecule has 2 rings (SSSR count). The number of hydrogen-bond acceptors (Lipinski definition) is 6. The van der Waals surface area contributed by atoms with Gasteiger partial charge in [-0.15, -0.1) is 0 Å². The Hall–Kier alpha value is -1.70. The SMILES string of the molecule is COCc1cc([N+](=O)[O-])ccc1NCC(O)C1CCOCC1. The second-order valence-corrected chi connectivity index (χ2v) is 5.43. The van der Waals surface area contributed by atoms with Crippen LogP contribution in [0.4, 0.5) is 11.4 Å². The fraction of sp³-hybridized carbons (Fsp3) is 0.600. The smallest absolute Gasteiger partial charge is 0.269 e. The summed E-state index contributed by atoms with van der Waals surface area (Å²) in [5.74, 6) is 0.227. The number of hydrogen-bond donors (Lipinski definition) is 2. The predicted molar refractivity (Wildman–Crippen MR) is 81.8 cm³/mol. The van der Waals surface area contributed by atoms with E-state index in [1.807, 2.05) is 0 Å². The number of methoxy groups -OCH3 is 1. The van der Waals surface area contributed by atoms with Crippen molar-refractivity contribution in [3.8, 4) is 0 Å². The van der Waals surface area contributed by atoms with Gasteiger partial charge in [-0.1, -0.05) is 0 Å². The number of nitro groups is 1. The number of rotatable bonds is 7. The van der Waals surface area contributed by atoms with E-state index in [1.165, 1.54) is 12.1 Å². The molecule has 7 nitrogen and oxygen atoms in total. The van der Waals surface area contributed by atoms with Crippen LogP contribution in [-0.2, 0) is 16.1 Å². The van der Waals surface area contributed by atoms with Crippen LogP contribution in [0.2, 0.25) is 0 Å². The van der Waals surface area contributed by atoms with Gasteiger partial charge in [0.1, 0.15) is 0 Å². The van der Waals surface area contributed by atoms with Gasteiger partial charge < -0.3 is 19.9 Å². The molecular formula is C15H22N2O5. The van der Waals surface area contributed by atoms with Crippen molar-refractivity contribution in [1.29, 1.82) is 0 Å². The lowest BCUT2D eigenvalue weighted by molar-refractivity contribution is -0.384. The lowest BCUT2D eigenvalue weighted by atomic mass is 9.94. The van der Waals surface area contributed by atoms with Crippen LogP contribution in [0.3, 0.4) is 0 Å². The van der Waals surface area contributed by atoms with E-state index < -0.39 is 11.0 Å². The highest BCUT2D eigenvalue weighted by Gasteiger charge is 2.22. The Morgan fingerprint density at radius 2 is 2.23 bits per heavy atom. The van der Waals surface area contributed by atoms with Crippen molar-refractivity contribution in [2.75, 3.05) is 32.2 Å². The number of aliphatic hydroxyl groups excluding tert-OH is 1. The molecule has 0 aromatic heterocycles. The Bertz CT molecular complexity index is 503. The van der Waals surface area contributed by atoms with Gasteiger partial charge >= 0.3 is 0 Å². The second-order valence-electron chi connectivity index (χ2n) is 5.43. The maximum absolute atomic E-state index is 10.8. The molecule has 1 unspecified atom stereocenters. The molecule has 122 valence electrons. The van der Waals surface area contributed by atoms with Gasteiger partial charge in [-0.05, 0) is 24.8 Å². The van der Waals surface area contributed by atoms with Gasteiger partial charge in [-0.3, -0.25) is 10.1 Å². The number of nitrogens with zero attached hydrogens (tertiary/aromatic N) is 1. The van der Waals surface area contributed by atoms with E-state index in [2.05, 4.69) is 5.32 Å². The van der Waals surface area contributed by atoms with Crippen LogP contribution in [-0.4, -0.2) is 43.0 Å². The van der Waals surface area contributed by atoms with E-state index in [9.17, 15) is 15.2 Å². The molecule has 0 aliphatic carbocycles. The van der Waals surface area contributed by atoms with E-state index in [0.29, 0.717) is 25.3 Å². The molecule has 0 spiro atoms. The van der Waals surface area contributed by atoms with E-state index in [-0.39, 0.29) is 18.2 Å². The van der Waals surface area contributed by atoms with Crippen LogP contribution in [0.1, 0.15) is 18.4 Å². The van der Waals surface area contributed by atoms with Crippen LogP contribution in [0.15, 0.2) is 18.2 Å². The van der Waals surface area contributed by atoms with Gasteiger partial charge in [0.15, 0.2) is 0 Å². The van der Waals surface area contributed by atoms with Gasteiger partial charge in [0, 0.05) is 50.3 Å². The molecule has 1 aliphatic rings. The number of aliphatic hydroxyl groups is 1. The molecule has 1 fully saturated rings. The zero-order valence-electron chi connectivity index (χ0n) is 12.7. The summed E-state index contributed by atoms with van der Waals surface area (Å²) in [5.41, 5.74) is 1.48. The van der Waals surface area contributed by atoms with Gasteiger partial charge in [-0.25, -0.2) is 0 Å². The predicted octanol–water partition coefficient (Wildman–Crippen LogP) is 1.94. The molecule has 1 aromatic rings. The first-order valence-electron chi connectivity index (χ1n) is 7.37. The Kier molecular flexibility index (Phi) is 6.11. The maximum Gasteiger partial charge on any atom is 0.269 e. The Balaban J connectivity index is 2.00. The highest BCUT2D eigenvalue weighted by atomic mass is 16.6. The summed E-state index contributed by atoms with van der Waals surface area (Å²) < 4.78 is 10.4. The molecule has 2 N–H and O–H groups in total. The van der Waals surface area contributed by atoms with E-state index in [0.717, 1.165) is 18.5 Å². The van der Waals surface area contributed by atoms with Crippen LogP contribution in [0, 0.1) is 16.0 Å². The summed E-state index contributed by atoms with van der Waals surface area (Å²) in [6.45, 7) is 2.05. The molecule has 1 aromatic carbocycles. The van der Waals surface area contributed by atoms with Gasteiger partial charge in [-0.2, -0.15) is 0 Å². The van der Waals surface area contributed by atoms with Crippen molar-refractivity contribution in [1.82, 2.24) is 0 Å². The normalized spacial score (nSPS) is 17.2. The highest BCUT2D eigenvalue weighted by molar-refractivity contribution is 5.56. The second kappa shape index (κ2) is 8.07. The monoisotopic (exact) mass is 310 g/mol. The van der Waals surface area contributed by atoms with Gasteiger partial charge in [0.25, 0.3) is 5.69 Å². The molecule has 7 heteroatoms. The minimum Gasteiger partial charge on any atom is -0.391 e. The van der Waals surface area contributed by atoms with Crippen molar-refractivity contribution < 1.29 is 19.5 Å². The van der Waals surface area contributed by atoms with Gasteiger partial charge in [0.05, 0.1) is 17.6 Å². The van der Waals surface area contributed by atoms with Crippen molar-refractivity contribution in [2.45, 2.75) is 25.6 Å². The van der Waals surface area contributed by atoms with E-state index in [4.69, 9.17) is 9.47 Å². The Morgan fingerprint density at radius 1 is 1.50 bits per heavy atom. The summed E-state index contributed by atoms with van der Waals surface area (Å²) >= 11 is 0. The third-order valence-electron chi connectivity index (χ3n) is 3.91. The Morgan fingerprint density at radius 3 is 2.86 bits per heavy atom. The number of nitro benzene ring substituents is 1. The topological polar surface area (TPSA) is 93.9 Å². The molecule has 0 saturated carbocycles. The fourth-order valence-electron chi connectivity index (χ4n) is 2.62. The molecule has 0 radical (unpaired) electrons. The highest BCUT2D eigenvalue weighted by Crippen LogP contribution is 2.24. The Labute approximate surface area is 129 Å². The average molecular weight is 310 g/mol. The first-order chi connectivity index (χ1) is 10.6. The fourth-order valence-corrected chi connectivity index (χ4v) is 2.62. The third kappa shape index (κ3) is 4.40. The lowest BCUT2D eigenvalue weighted by Crippen LogP contribution is -2.32. The summed E-state index contributed by atoms with van der Waals surface area (Å²) in [6.07, 6.45) is 1.25. The first kappa shape index (κ1) is 16.7. The number of non-ortho nitro benzene ring substituents is 1. The summed E-state index contributed by atoms with van der Waals surface area (Å²) in [7, 11) is 1.54. The molecule has 1 heterocycles. The van der Waals surface area contributed by atoms with Gasteiger partial charge in [0.2, 0.25) is 0 Å². The quantitative estimate of drug-likeness (QED) is 0.590. The van der Waals surface area contributed by atoms with E-state index >= 15 is 0 Å².